The zero-order valence-electron chi connectivity index (χ0n) is 9.90. The molecule has 1 heterocycles. The summed E-state index contributed by atoms with van der Waals surface area (Å²) >= 11 is 0. The van der Waals surface area contributed by atoms with Gasteiger partial charge in [0.1, 0.15) is 0 Å². The number of aliphatic hydroxyl groups excluding tert-OH is 1. The Balaban J connectivity index is 1.96. The van der Waals surface area contributed by atoms with Gasteiger partial charge in [-0.2, -0.15) is 0 Å². The Morgan fingerprint density at radius 1 is 1.25 bits per heavy atom. The molecule has 0 aromatic rings. The second-order valence-corrected chi connectivity index (χ2v) is 4.57. The van der Waals surface area contributed by atoms with Crippen LogP contribution in [0.5, 0.6) is 0 Å². The molecule has 0 radical (unpaired) electrons. The van der Waals surface area contributed by atoms with Gasteiger partial charge >= 0.3 is 5.97 Å². The number of unbranched alkanes of at least 4 members (excludes halogenated alkanes) is 3. The van der Waals surface area contributed by atoms with E-state index >= 15 is 0 Å². The smallest absolute Gasteiger partial charge is 0.303 e. The Hall–Kier alpha value is -0.610. The Kier molecular flexibility index (Phi) is 6.42. The minimum absolute atomic E-state index is 0.277. The largest absolute Gasteiger partial charge is 0.481 e. The van der Waals surface area contributed by atoms with Gasteiger partial charge in [0.05, 0.1) is 6.61 Å². The van der Waals surface area contributed by atoms with Gasteiger partial charge in [-0.25, -0.2) is 0 Å². The highest BCUT2D eigenvalue weighted by molar-refractivity contribution is 5.66. The molecule has 0 aliphatic carbocycles. The molecule has 1 fully saturated rings. The monoisotopic (exact) mass is 229 g/mol. The number of aliphatic carboxylic acids is 1. The molecular formula is C12H23NO3. The maximum atomic E-state index is 10.3. The van der Waals surface area contributed by atoms with Crippen LogP contribution < -0.4 is 0 Å². The average Bonchev–Trinajstić information content (AvgIpc) is 2.70. The van der Waals surface area contributed by atoms with Crippen molar-refractivity contribution in [1.29, 1.82) is 0 Å². The van der Waals surface area contributed by atoms with Crippen molar-refractivity contribution >= 4 is 5.97 Å². The maximum Gasteiger partial charge on any atom is 0.303 e. The molecule has 1 atom stereocenters. The van der Waals surface area contributed by atoms with Crippen LogP contribution >= 0.6 is 0 Å². The van der Waals surface area contributed by atoms with Gasteiger partial charge in [-0.3, -0.25) is 9.69 Å². The average molecular weight is 229 g/mol. The number of hydrogen-bond acceptors (Lipinski definition) is 3. The van der Waals surface area contributed by atoms with Crippen molar-refractivity contribution in [2.75, 3.05) is 19.7 Å². The molecule has 1 rings (SSSR count). The molecule has 0 unspecified atom stereocenters. The second kappa shape index (κ2) is 7.63. The van der Waals surface area contributed by atoms with Crippen LogP contribution in [0.15, 0.2) is 0 Å². The molecule has 94 valence electrons. The number of carboxylic acid groups (broad SMARTS) is 1. The molecule has 2 N–H and O–H groups in total. The van der Waals surface area contributed by atoms with Crippen LogP contribution in [-0.4, -0.2) is 46.8 Å². The van der Waals surface area contributed by atoms with Gasteiger partial charge in [-0.1, -0.05) is 12.8 Å². The minimum atomic E-state index is -0.695. The SMILES string of the molecule is O=C(O)CCCCCCN1CCC[C@H]1CO. The van der Waals surface area contributed by atoms with Crippen LogP contribution in [0.4, 0.5) is 0 Å². The van der Waals surface area contributed by atoms with E-state index in [0.29, 0.717) is 12.5 Å². The molecule has 4 nitrogen and oxygen atoms in total. The van der Waals surface area contributed by atoms with E-state index in [4.69, 9.17) is 10.2 Å². The fourth-order valence-electron chi connectivity index (χ4n) is 2.34. The first-order chi connectivity index (χ1) is 7.74. The number of aliphatic hydroxyl groups is 1. The molecule has 0 saturated carbocycles. The predicted octanol–water partition coefficient (Wildman–Crippen LogP) is 1.48. The number of carboxylic acids is 1. The lowest BCUT2D eigenvalue weighted by atomic mass is 10.1. The first-order valence-electron chi connectivity index (χ1n) is 6.30. The van der Waals surface area contributed by atoms with E-state index in [1.165, 1.54) is 6.42 Å². The van der Waals surface area contributed by atoms with Crippen LogP contribution in [0.25, 0.3) is 0 Å². The van der Waals surface area contributed by atoms with E-state index in [1.807, 2.05) is 0 Å². The van der Waals surface area contributed by atoms with Gasteiger partial charge in [0.2, 0.25) is 0 Å². The third-order valence-corrected chi connectivity index (χ3v) is 3.30. The summed E-state index contributed by atoms with van der Waals surface area (Å²) in [7, 11) is 0. The molecule has 4 heteroatoms. The van der Waals surface area contributed by atoms with E-state index < -0.39 is 5.97 Å². The number of rotatable bonds is 8. The van der Waals surface area contributed by atoms with Gasteiger partial charge < -0.3 is 10.2 Å². The third kappa shape index (κ3) is 4.94. The van der Waals surface area contributed by atoms with Crippen molar-refractivity contribution in [3.05, 3.63) is 0 Å². The number of nitrogens with zero attached hydrogens (tertiary/aromatic N) is 1. The van der Waals surface area contributed by atoms with Crippen LogP contribution in [0.3, 0.4) is 0 Å². The summed E-state index contributed by atoms with van der Waals surface area (Å²) in [6, 6.07) is 0.374. The summed E-state index contributed by atoms with van der Waals surface area (Å²) in [6.45, 7) is 2.44. The Labute approximate surface area is 97.3 Å². The van der Waals surface area contributed by atoms with Gasteiger partial charge in [-0.15, -0.1) is 0 Å². The van der Waals surface area contributed by atoms with Crippen LogP contribution in [-0.2, 0) is 4.79 Å². The predicted molar refractivity (Wildman–Crippen MR) is 62.4 cm³/mol. The van der Waals surface area contributed by atoms with Crippen LogP contribution in [0.1, 0.15) is 44.9 Å². The number of carbonyl (C=O) groups is 1. The summed E-state index contributed by atoms with van der Waals surface area (Å²) in [5.41, 5.74) is 0. The summed E-state index contributed by atoms with van der Waals surface area (Å²) in [4.78, 5) is 12.6. The van der Waals surface area contributed by atoms with Crippen LogP contribution in [0, 0.1) is 0 Å². The fourth-order valence-corrected chi connectivity index (χ4v) is 2.34. The Morgan fingerprint density at radius 3 is 2.69 bits per heavy atom. The molecule has 16 heavy (non-hydrogen) atoms. The fraction of sp³-hybridized carbons (Fsp3) is 0.917. The topological polar surface area (TPSA) is 60.8 Å². The lowest BCUT2D eigenvalue weighted by Gasteiger charge is -2.22. The quantitative estimate of drug-likeness (QED) is 0.619. The van der Waals surface area contributed by atoms with Crippen LogP contribution in [0.2, 0.25) is 0 Å². The molecule has 0 aromatic heterocycles. The number of hydrogen-bond donors (Lipinski definition) is 2. The van der Waals surface area contributed by atoms with Gasteiger partial charge in [-0.05, 0) is 38.8 Å². The number of likely N-dealkylation sites (tertiary alicyclic amines) is 1. The van der Waals surface area contributed by atoms with E-state index in [2.05, 4.69) is 4.90 Å². The molecule has 0 aromatic carbocycles. The summed E-state index contributed by atoms with van der Waals surface area (Å²) in [5, 5.41) is 17.6. The standard InChI is InChI=1S/C12H23NO3/c14-10-11-6-5-9-13(11)8-4-2-1-3-7-12(15)16/h11,14H,1-10H2,(H,15,16)/t11-/m0/s1. The highest BCUT2D eigenvalue weighted by atomic mass is 16.4. The van der Waals surface area contributed by atoms with Crippen molar-refractivity contribution < 1.29 is 15.0 Å². The lowest BCUT2D eigenvalue weighted by Crippen LogP contribution is -2.32. The van der Waals surface area contributed by atoms with Crippen molar-refractivity contribution in [1.82, 2.24) is 4.90 Å². The molecule has 1 aliphatic heterocycles. The normalized spacial score (nSPS) is 21.4. The highest BCUT2D eigenvalue weighted by Gasteiger charge is 2.22. The van der Waals surface area contributed by atoms with Crippen molar-refractivity contribution in [2.45, 2.75) is 51.0 Å². The summed E-state index contributed by atoms with van der Waals surface area (Å²) in [6.07, 6.45) is 6.63. The van der Waals surface area contributed by atoms with Crippen molar-refractivity contribution in [2.24, 2.45) is 0 Å². The first kappa shape index (κ1) is 13.5. The Bertz CT molecular complexity index is 208. The first-order valence-corrected chi connectivity index (χ1v) is 6.30. The van der Waals surface area contributed by atoms with E-state index in [0.717, 1.165) is 45.2 Å². The van der Waals surface area contributed by atoms with Gasteiger partial charge in [0, 0.05) is 12.5 Å². The highest BCUT2D eigenvalue weighted by Crippen LogP contribution is 2.17. The van der Waals surface area contributed by atoms with Gasteiger partial charge in [0.25, 0.3) is 0 Å². The molecular weight excluding hydrogens is 206 g/mol. The second-order valence-electron chi connectivity index (χ2n) is 4.57. The summed E-state index contributed by atoms with van der Waals surface area (Å²) < 4.78 is 0. The zero-order valence-corrected chi connectivity index (χ0v) is 9.90. The molecule has 1 aliphatic rings. The summed E-state index contributed by atoms with van der Waals surface area (Å²) in [5.74, 6) is -0.695. The molecule has 0 amide bonds. The van der Waals surface area contributed by atoms with E-state index in [1.54, 1.807) is 0 Å². The molecule has 0 spiro atoms. The Morgan fingerprint density at radius 2 is 2.00 bits per heavy atom. The maximum absolute atomic E-state index is 10.3. The van der Waals surface area contributed by atoms with Gasteiger partial charge in [0.15, 0.2) is 0 Å². The van der Waals surface area contributed by atoms with Crippen molar-refractivity contribution in [3.8, 4) is 0 Å². The van der Waals surface area contributed by atoms with Crippen molar-refractivity contribution in [3.63, 3.8) is 0 Å². The minimum Gasteiger partial charge on any atom is -0.481 e. The zero-order chi connectivity index (χ0) is 11.8. The third-order valence-electron chi connectivity index (χ3n) is 3.30. The van der Waals surface area contributed by atoms with E-state index in [-0.39, 0.29) is 6.61 Å². The lowest BCUT2D eigenvalue weighted by molar-refractivity contribution is -0.137. The molecule has 0 bridgehead atoms. The van der Waals surface area contributed by atoms with E-state index in [9.17, 15) is 4.79 Å². The molecule has 1 saturated heterocycles.